The van der Waals surface area contributed by atoms with Gasteiger partial charge in [-0.2, -0.15) is 19.6 Å². The third-order valence-electron chi connectivity index (χ3n) is 4.68. The number of aliphatic hydroxyl groups is 1. The number of fused-ring (bicyclic) bond motifs is 1. The second kappa shape index (κ2) is 8.88. The molecule has 2 aromatic heterocycles. The lowest BCUT2D eigenvalue weighted by molar-refractivity contribution is 0.278. The highest BCUT2D eigenvalue weighted by Crippen LogP contribution is 2.23. The summed E-state index contributed by atoms with van der Waals surface area (Å²) in [6, 6.07) is 7.18. The van der Waals surface area contributed by atoms with E-state index in [0.717, 1.165) is 23.2 Å². The van der Waals surface area contributed by atoms with Crippen molar-refractivity contribution < 1.29 is 10.2 Å². The Morgan fingerprint density at radius 2 is 2.04 bits per heavy atom. The van der Waals surface area contributed by atoms with Gasteiger partial charge in [0.1, 0.15) is 5.75 Å². The van der Waals surface area contributed by atoms with Gasteiger partial charge in [0.2, 0.25) is 11.9 Å². The monoisotopic (exact) mass is 384 g/mol. The largest absolute Gasteiger partial charge is 0.508 e. The van der Waals surface area contributed by atoms with Crippen molar-refractivity contribution in [2.24, 2.45) is 0 Å². The van der Waals surface area contributed by atoms with Crippen molar-refractivity contribution in [1.29, 1.82) is 0 Å². The van der Waals surface area contributed by atoms with E-state index < -0.39 is 0 Å². The average Bonchev–Trinajstić information content (AvgIpc) is 3.10. The molecular weight excluding hydrogens is 356 g/mol. The minimum atomic E-state index is 0.0943. The highest BCUT2D eigenvalue weighted by atomic mass is 16.3. The Labute approximate surface area is 164 Å². The molecule has 3 aromatic rings. The zero-order valence-electron chi connectivity index (χ0n) is 16.6. The molecule has 0 saturated carbocycles. The first-order valence-electron chi connectivity index (χ1n) is 9.66. The minimum absolute atomic E-state index is 0.0943. The van der Waals surface area contributed by atoms with Crippen LogP contribution in [0.3, 0.4) is 0 Å². The normalized spacial score (nSPS) is 12.5. The van der Waals surface area contributed by atoms with Crippen LogP contribution in [0.1, 0.15) is 50.7 Å². The molecule has 0 aliphatic heterocycles. The van der Waals surface area contributed by atoms with Crippen LogP contribution in [-0.2, 0) is 6.54 Å². The number of aromatic nitrogens is 4. The molecule has 150 valence electrons. The summed E-state index contributed by atoms with van der Waals surface area (Å²) < 4.78 is 1.70. The van der Waals surface area contributed by atoms with Crippen LogP contribution < -0.4 is 10.6 Å². The van der Waals surface area contributed by atoms with E-state index in [2.05, 4.69) is 46.5 Å². The van der Waals surface area contributed by atoms with Crippen molar-refractivity contribution in [3.05, 3.63) is 41.6 Å². The maximum absolute atomic E-state index is 9.67. The standard InChI is InChI=1S/C20H28N6O2/c1-4-15(8-9-27)23-19-24-18-17(13(2)3)12-22-26(18)20(25-19)21-11-14-6-5-7-16(28)10-14/h5-7,10,12-13,15,27-28H,4,8-9,11H2,1-3H3,(H2,21,23,24,25). The Hall–Kier alpha value is -2.87. The van der Waals surface area contributed by atoms with E-state index >= 15 is 0 Å². The molecule has 1 aromatic carbocycles. The molecule has 0 saturated heterocycles. The number of anilines is 2. The molecule has 0 aliphatic rings. The van der Waals surface area contributed by atoms with Crippen molar-refractivity contribution in [2.45, 2.75) is 52.1 Å². The number of rotatable bonds is 9. The SMILES string of the molecule is CCC(CCO)Nc1nc(NCc2cccc(O)c2)n2ncc(C(C)C)c2n1. The fraction of sp³-hybridized carbons (Fsp3) is 0.450. The van der Waals surface area contributed by atoms with E-state index in [-0.39, 0.29) is 24.3 Å². The molecule has 0 spiro atoms. The summed E-state index contributed by atoms with van der Waals surface area (Å²) in [5.41, 5.74) is 2.73. The Morgan fingerprint density at radius 1 is 1.21 bits per heavy atom. The van der Waals surface area contributed by atoms with Crippen LogP contribution >= 0.6 is 0 Å². The summed E-state index contributed by atoms with van der Waals surface area (Å²) in [6.45, 7) is 6.87. The van der Waals surface area contributed by atoms with E-state index in [1.54, 1.807) is 22.7 Å². The van der Waals surface area contributed by atoms with Gasteiger partial charge in [0.25, 0.3) is 0 Å². The topological polar surface area (TPSA) is 108 Å². The lowest BCUT2D eigenvalue weighted by atomic mass is 10.1. The molecule has 0 radical (unpaired) electrons. The number of aliphatic hydroxyl groups excluding tert-OH is 1. The van der Waals surface area contributed by atoms with E-state index in [9.17, 15) is 10.2 Å². The van der Waals surface area contributed by atoms with Gasteiger partial charge in [0.15, 0.2) is 5.65 Å². The van der Waals surface area contributed by atoms with Gasteiger partial charge in [0, 0.05) is 24.8 Å². The van der Waals surface area contributed by atoms with Crippen molar-refractivity contribution in [3.8, 4) is 5.75 Å². The van der Waals surface area contributed by atoms with Gasteiger partial charge in [-0.05, 0) is 36.5 Å². The molecule has 3 rings (SSSR count). The van der Waals surface area contributed by atoms with Crippen LogP contribution in [0.5, 0.6) is 5.75 Å². The number of nitrogens with one attached hydrogen (secondary N) is 2. The van der Waals surface area contributed by atoms with Gasteiger partial charge in [-0.3, -0.25) is 0 Å². The summed E-state index contributed by atoms with van der Waals surface area (Å²) in [5, 5.41) is 30.0. The van der Waals surface area contributed by atoms with E-state index in [1.807, 2.05) is 12.3 Å². The molecular formula is C20H28N6O2. The van der Waals surface area contributed by atoms with Crippen molar-refractivity contribution >= 4 is 17.5 Å². The molecule has 0 fully saturated rings. The number of hydrogen-bond acceptors (Lipinski definition) is 7. The first-order valence-corrected chi connectivity index (χ1v) is 9.66. The summed E-state index contributed by atoms with van der Waals surface area (Å²) >= 11 is 0. The van der Waals surface area contributed by atoms with Gasteiger partial charge in [-0.1, -0.05) is 32.9 Å². The highest BCUT2D eigenvalue weighted by Gasteiger charge is 2.16. The van der Waals surface area contributed by atoms with Gasteiger partial charge in [-0.15, -0.1) is 0 Å². The highest BCUT2D eigenvalue weighted by molar-refractivity contribution is 5.56. The Balaban J connectivity index is 1.94. The average molecular weight is 384 g/mol. The van der Waals surface area contributed by atoms with Crippen LogP contribution in [0, 0.1) is 0 Å². The number of nitrogens with zero attached hydrogens (tertiary/aromatic N) is 4. The zero-order valence-corrected chi connectivity index (χ0v) is 16.6. The third-order valence-corrected chi connectivity index (χ3v) is 4.68. The summed E-state index contributed by atoms with van der Waals surface area (Å²) in [6.07, 6.45) is 3.31. The van der Waals surface area contributed by atoms with Gasteiger partial charge in [-0.25, -0.2) is 0 Å². The molecule has 28 heavy (non-hydrogen) atoms. The molecule has 8 heteroatoms. The first-order chi connectivity index (χ1) is 13.5. The Kier molecular flexibility index (Phi) is 6.30. The zero-order chi connectivity index (χ0) is 20.1. The smallest absolute Gasteiger partial charge is 0.229 e. The number of phenolic OH excluding ortho intramolecular Hbond substituents is 1. The predicted octanol–water partition coefficient (Wildman–Crippen LogP) is 3.14. The van der Waals surface area contributed by atoms with E-state index in [1.165, 1.54) is 0 Å². The van der Waals surface area contributed by atoms with Gasteiger partial charge < -0.3 is 20.8 Å². The summed E-state index contributed by atoms with van der Waals surface area (Å²) in [4.78, 5) is 9.28. The quantitative estimate of drug-likeness (QED) is 0.449. The fourth-order valence-corrected chi connectivity index (χ4v) is 3.05. The molecule has 2 heterocycles. The third kappa shape index (κ3) is 4.51. The lowest BCUT2D eigenvalue weighted by Crippen LogP contribution is -2.22. The molecule has 1 unspecified atom stereocenters. The molecule has 0 aliphatic carbocycles. The van der Waals surface area contributed by atoms with E-state index in [4.69, 9.17) is 0 Å². The maximum Gasteiger partial charge on any atom is 0.229 e. The molecule has 1 atom stereocenters. The van der Waals surface area contributed by atoms with Gasteiger partial charge in [0.05, 0.1) is 6.20 Å². The Morgan fingerprint density at radius 3 is 2.71 bits per heavy atom. The fourth-order valence-electron chi connectivity index (χ4n) is 3.05. The summed E-state index contributed by atoms with van der Waals surface area (Å²) in [5.74, 6) is 1.58. The summed E-state index contributed by atoms with van der Waals surface area (Å²) in [7, 11) is 0. The lowest BCUT2D eigenvalue weighted by Gasteiger charge is -2.17. The number of hydrogen-bond donors (Lipinski definition) is 4. The molecule has 8 nitrogen and oxygen atoms in total. The number of aromatic hydroxyl groups is 1. The second-order valence-electron chi connectivity index (χ2n) is 7.15. The maximum atomic E-state index is 9.67. The molecule has 0 bridgehead atoms. The number of benzene rings is 1. The van der Waals surface area contributed by atoms with Crippen molar-refractivity contribution in [3.63, 3.8) is 0 Å². The van der Waals surface area contributed by atoms with Crippen LogP contribution in [0.2, 0.25) is 0 Å². The molecule has 4 N–H and O–H groups in total. The van der Waals surface area contributed by atoms with Crippen LogP contribution in [0.25, 0.3) is 5.65 Å². The first kappa shape index (κ1) is 19.9. The second-order valence-corrected chi connectivity index (χ2v) is 7.15. The number of phenols is 1. The minimum Gasteiger partial charge on any atom is -0.508 e. The molecule has 0 amide bonds. The van der Waals surface area contributed by atoms with E-state index in [0.29, 0.717) is 24.9 Å². The van der Waals surface area contributed by atoms with Gasteiger partial charge >= 0.3 is 0 Å². The van der Waals surface area contributed by atoms with Crippen molar-refractivity contribution in [1.82, 2.24) is 19.6 Å². The van der Waals surface area contributed by atoms with Crippen LogP contribution in [0.4, 0.5) is 11.9 Å². The van der Waals surface area contributed by atoms with Crippen molar-refractivity contribution in [2.75, 3.05) is 17.2 Å². The Bertz CT molecular complexity index is 924. The predicted molar refractivity (Wildman–Crippen MR) is 110 cm³/mol. The van der Waals surface area contributed by atoms with Crippen LogP contribution in [0.15, 0.2) is 30.5 Å². The van der Waals surface area contributed by atoms with Crippen LogP contribution in [-0.4, -0.2) is 42.4 Å².